The zero-order valence-electron chi connectivity index (χ0n) is 13.3. The van der Waals surface area contributed by atoms with Crippen LogP contribution in [0.25, 0.3) is 0 Å². The smallest absolute Gasteiger partial charge is 0.204 e. The fraction of sp³-hybridized carbons (Fsp3) is 0.375. The van der Waals surface area contributed by atoms with Gasteiger partial charge in [-0.3, -0.25) is 4.79 Å². The molecule has 6 nitrogen and oxygen atoms in total. The van der Waals surface area contributed by atoms with Gasteiger partial charge in [0.05, 0.1) is 15.1 Å². The van der Waals surface area contributed by atoms with Crippen LogP contribution in [0.4, 0.5) is 5.82 Å². The first-order valence-electron chi connectivity index (χ1n) is 7.87. The lowest BCUT2D eigenvalue weighted by Gasteiger charge is -2.28. The zero-order chi connectivity index (χ0) is 18.0. The maximum absolute atomic E-state index is 12.6. The summed E-state index contributed by atoms with van der Waals surface area (Å²) in [5.41, 5.74) is -0.385. The van der Waals surface area contributed by atoms with Crippen LogP contribution in [0.3, 0.4) is 0 Å². The van der Waals surface area contributed by atoms with Crippen LogP contribution in [0.1, 0.15) is 24.8 Å². The molecule has 3 heterocycles. The Morgan fingerprint density at radius 1 is 1.24 bits per heavy atom. The molecule has 1 aliphatic heterocycles. The van der Waals surface area contributed by atoms with Gasteiger partial charge in [0.25, 0.3) is 0 Å². The SMILES string of the molecule is O=c1c(Cl)c[nH]cc1CS(=O)(=O)c1cnc(N2CCCCC2)c(Br)c1. The van der Waals surface area contributed by atoms with E-state index in [1.807, 2.05) is 0 Å². The van der Waals surface area contributed by atoms with Crippen molar-refractivity contribution in [3.8, 4) is 0 Å². The first-order chi connectivity index (χ1) is 11.9. The molecular weight excluding hydrogens is 430 g/mol. The second-order valence-electron chi connectivity index (χ2n) is 5.94. The minimum atomic E-state index is -3.71. The van der Waals surface area contributed by atoms with Gasteiger partial charge in [-0.1, -0.05) is 11.6 Å². The second-order valence-corrected chi connectivity index (χ2v) is 9.19. The van der Waals surface area contributed by atoms with Crippen LogP contribution in [-0.2, 0) is 15.6 Å². The third kappa shape index (κ3) is 4.07. The van der Waals surface area contributed by atoms with E-state index in [1.165, 1.54) is 25.0 Å². The summed E-state index contributed by atoms with van der Waals surface area (Å²) in [5.74, 6) is 0.319. The Labute approximate surface area is 159 Å². The Kier molecular flexibility index (Phi) is 5.50. The first kappa shape index (κ1) is 18.4. The van der Waals surface area contributed by atoms with Gasteiger partial charge < -0.3 is 9.88 Å². The van der Waals surface area contributed by atoms with Crippen molar-refractivity contribution in [2.24, 2.45) is 0 Å². The molecule has 1 N–H and O–H groups in total. The van der Waals surface area contributed by atoms with Crippen molar-refractivity contribution in [3.63, 3.8) is 0 Å². The quantitative estimate of drug-likeness (QED) is 0.780. The summed E-state index contributed by atoms with van der Waals surface area (Å²) < 4.78 is 25.9. The van der Waals surface area contributed by atoms with Gasteiger partial charge in [0.2, 0.25) is 5.43 Å². The minimum Gasteiger partial charge on any atom is -0.366 e. The number of piperidine rings is 1. The minimum absolute atomic E-state index is 0.0348. The molecular formula is C16H17BrClN3O3S. The standard InChI is InChI=1S/C16H17BrClN3O3S/c17-13-6-12(8-20-16(13)21-4-2-1-3-5-21)25(23,24)10-11-7-19-9-14(18)15(11)22/h6-9H,1-5,10H2,(H,19,22). The summed E-state index contributed by atoms with van der Waals surface area (Å²) in [6.45, 7) is 1.82. The highest BCUT2D eigenvalue weighted by atomic mass is 79.9. The van der Waals surface area contributed by atoms with E-state index in [0.717, 1.165) is 31.7 Å². The van der Waals surface area contributed by atoms with Gasteiger partial charge in [-0.05, 0) is 41.3 Å². The van der Waals surface area contributed by atoms with Gasteiger partial charge in [0.15, 0.2) is 9.84 Å². The molecule has 3 rings (SSSR count). The summed E-state index contributed by atoms with van der Waals surface area (Å²) in [5, 5.41) is -0.0348. The van der Waals surface area contributed by atoms with E-state index in [9.17, 15) is 13.2 Å². The van der Waals surface area contributed by atoms with Gasteiger partial charge in [0.1, 0.15) is 10.8 Å². The number of nitrogens with one attached hydrogen (secondary N) is 1. The van der Waals surface area contributed by atoms with Crippen molar-refractivity contribution >= 4 is 43.2 Å². The Morgan fingerprint density at radius 2 is 1.96 bits per heavy atom. The average molecular weight is 447 g/mol. The monoisotopic (exact) mass is 445 g/mol. The van der Waals surface area contributed by atoms with E-state index in [0.29, 0.717) is 4.47 Å². The lowest BCUT2D eigenvalue weighted by Crippen LogP contribution is -2.30. The Bertz CT molecular complexity index is 940. The average Bonchev–Trinajstić information content (AvgIpc) is 2.59. The molecule has 9 heteroatoms. The molecule has 0 aromatic carbocycles. The van der Waals surface area contributed by atoms with Gasteiger partial charge >= 0.3 is 0 Å². The molecule has 1 saturated heterocycles. The van der Waals surface area contributed by atoms with E-state index in [4.69, 9.17) is 11.6 Å². The van der Waals surface area contributed by atoms with Gasteiger partial charge in [-0.15, -0.1) is 0 Å². The molecule has 1 fully saturated rings. The van der Waals surface area contributed by atoms with Crippen LogP contribution in [0.2, 0.25) is 5.02 Å². The Hall–Kier alpha value is -1.38. The molecule has 0 amide bonds. The third-order valence-corrected chi connectivity index (χ3v) is 6.63. The number of pyridine rings is 2. The van der Waals surface area contributed by atoms with Crippen molar-refractivity contribution in [2.45, 2.75) is 29.9 Å². The Morgan fingerprint density at radius 3 is 2.64 bits per heavy atom. The zero-order valence-corrected chi connectivity index (χ0v) is 16.5. The summed E-state index contributed by atoms with van der Waals surface area (Å²) in [6, 6.07) is 1.55. The largest absolute Gasteiger partial charge is 0.366 e. The van der Waals surface area contributed by atoms with Crippen molar-refractivity contribution in [3.05, 3.63) is 49.9 Å². The number of halogens is 2. The number of aromatic amines is 1. The van der Waals surface area contributed by atoms with E-state index in [1.54, 1.807) is 6.07 Å². The lowest BCUT2D eigenvalue weighted by atomic mass is 10.1. The van der Waals surface area contributed by atoms with Crippen LogP contribution in [0.5, 0.6) is 0 Å². The number of H-pyrrole nitrogens is 1. The molecule has 0 spiro atoms. The molecule has 0 aliphatic carbocycles. The van der Waals surface area contributed by atoms with E-state index in [2.05, 4.69) is 30.8 Å². The molecule has 134 valence electrons. The fourth-order valence-electron chi connectivity index (χ4n) is 2.82. The first-order valence-corrected chi connectivity index (χ1v) is 10.7. The summed E-state index contributed by atoms with van der Waals surface area (Å²) in [4.78, 5) is 21.2. The summed E-state index contributed by atoms with van der Waals surface area (Å²) in [7, 11) is -3.71. The molecule has 0 atom stereocenters. The molecule has 2 aromatic rings. The topological polar surface area (TPSA) is 83.1 Å². The highest BCUT2D eigenvalue weighted by Gasteiger charge is 2.22. The van der Waals surface area contributed by atoms with Crippen molar-refractivity contribution in [1.82, 2.24) is 9.97 Å². The number of hydrogen-bond acceptors (Lipinski definition) is 5. The second kappa shape index (κ2) is 7.47. The van der Waals surface area contributed by atoms with Crippen molar-refractivity contribution < 1.29 is 8.42 Å². The Balaban J connectivity index is 1.88. The molecule has 25 heavy (non-hydrogen) atoms. The maximum atomic E-state index is 12.6. The fourth-order valence-corrected chi connectivity index (χ4v) is 5.05. The van der Waals surface area contributed by atoms with Gasteiger partial charge in [0, 0.05) is 37.2 Å². The molecule has 0 radical (unpaired) electrons. The highest BCUT2D eigenvalue weighted by Crippen LogP contribution is 2.29. The molecule has 0 saturated carbocycles. The maximum Gasteiger partial charge on any atom is 0.204 e. The third-order valence-electron chi connectivity index (χ3n) is 4.13. The summed E-state index contributed by atoms with van der Waals surface area (Å²) in [6.07, 6.45) is 7.44. The van der Waals surface area contributed by atoms with Crippen LogP contribution >= 0.6 is 27.5 Å². The van der Waals surface area contributed by atoms with Crippen molar-refractivity contribution in [1.29, 1.82) is 0 Å². The van der Waals surface area contributed by atoms with Crippen molar-refractivity contribution in [2.75, 3.05) is 18.0 Å². The lowest BCUT2D eigenvalue weighted by molar-refractivity contribution is 0.572. The van der Waals surface area contributed by atoms with Crippen LogP contribution in [0, 0.1) is 0 Å². The number of hydrogen-bond donors (Lipinski definition) is 1. The number of rotatable bonds is 4. The molecule has 2 aromatic heterocycles. The van der Waals surface area contributed by atoms with Gasteiger partial charge in [-0.2, -0.15) is 0 Å². The molecule has 0 bridgehead atoms. The number of nitrogens with zero attached hydrogens (tertiary/aromatic N) is 2. The predicted octanol–water partition coefficient (Wildman–Crippen LogP) is 3.15. The highest BCUT2D eigenvalue weighted by molar-refractivity contribution is 9.10. The predicted molar refractivity (Wildman–Crippen MR) is 101 cm³/mol. The van der Waals surface area contributed by atoms with Crippen LogP contribution < -0.4 is 10.3 Å². The van der Waals surface area contributed by atoms with E-state index in [-0.39, 0.29) is 15.5 Å². The normalized spacial score (nSPS) is 15.4. The van der Waals surface area contributed by atoms with Crippen LogP contribution in [-0.4, -0.2) is 31.5 Å². The van der Waals surface area contributed by atoms with Crippen LogP contribution in [0.15, 0.2) is 38.8 Å². The number of sulfone groups is 1. The van der Waals surface area contributed by atoms with E-state index < -0.39 is 21.0 Å². The van der Waals surface area contributed by atoms with E-state index >= 15 is 0 Å². The molecule has 1 aliphatic rings. The number of anilines is 1. The summed E-state index contributed by atoms with van der Waals surface area (Å²) >= 11 is 9.19. The number of aromatic nitrogens is 2. The van der Waals surface area contributed by atoms with Gasteiger partial charge in [-0.25, -0.2) is 13.4 Å². The molecule has 0 unspecified atom stereocenters.